The summed E-state index contributed by atoms with van der Waals surface area (Å²) >= 11 is 3.20. The zero-order valence-corrected chi connectivity index (χ0v) is 11.3. The molecule has 2 aromatic rings. The Morgan fingerprint density at radius 2 is 1.89 bits per heavy atom. The fraction of sp³-hybridized carbons (Fsp3) is 0. The zero-order valence-electron chi connectivity index (χ0n) is 9.67. The van der Waals surface area contributed by atoms with Crippen LogP contribution in [0.25, 0.3) is 6.08 Å². The van der Waals surface area contributed by atoms with Crippen molar-refractivity contribution in [3.8, 4) is 0 Å². The Morgan fingerprint density at radius 1 is 1.11 bits per heavy atom. The van der Waals surface area contributed by atoms with Crippen LogP contribution < -0.4 is 0 Å². The predicted molar refractivity (Wildman–Crippen MR) is 73.5 cm³/mol. The van der Waals surface area contributed by atoms with Crippen molar-refractivity contribution in [2.75, 3.05) is 0 Å². The van der Waals surface area contributed by atoms with E-state index >= 15 is 0 Å². The summed E-state index contributed by atoms with van der Waals surface area (Å²) < 4.78 is 11.0. The van der Waals surface area contributed by atoms with Crippen molar-refractivity contribution < 1.29 is 13.9 Å². The van der Waals surface area contributed by atoms with Crippen molar-refractivity contribution in [1.29, 1.82) is 0 Å². The van der Waals surface area contributed by atoms with E-state index in [2.05, 4.69) is 20.9 Å². The molecule has 94 valence electrons. The standard InChI is InChI=1S/C14H8BrNO3/c15-12-7-6-10(18-12)8-11-14(17)19-13(16-11)9-4-2-1-3-5-9/h1-8H/b11-8+. The molecule has 0 N–H and O–H groups in total. The molecule has 1 aromatic heterocycles. The lowest BCUT2D eigenvalue weighted by atomic mass is 10.2. The van der Waals surface area contributed by atoms with Gasteiger partial charge in [0.1, 0.15) is 5.76 Å². The maximum Gasteiger partial charge on any atom is 0.363 e. The molecule has 0 bridgehead atoms. The molecule has 1 aliphatic rings. The van der Waals surface area contributed by atoms with Gasteiger partial charge in [0.2, 0.25) is 5.90 Å². The fourth-order valence-corrected chi connectivity index (χ4v) is 1.97. The van der Waals surface area contributed by atoms with Crippen LogP contribution in [-0.4, -0.2) is 11.9 Å². The lowest BCUT2D eigenvalue weighted by Crippen LogP contribution is -2.04. The molecule has 0 aliphatic carbocycles. The summed E-state index contributed by atoms with van der Waals surface area (Å²) in [6, 6.07) is 12.7. The summed E-state index contributed by atoms with van der Waals surface area (Å²) in [5.74, 6) is 0.366. The summed E-state index contributed by atoms with van der Waals surface area (Å²) in [4.78, 5) is 15.9. The van der Waals surface area contributed by atoms with Crippen molar-refractivity contribution in [3.05, 3.63) is 64.2 Å². The van der Waals surface area contributed by atoms with Crippen LogP contribution in [0.15, 0.2) is 62.2 Å². The third kappa shape index (κ3) is 2.51. The minimum Gasteiger partial charge on any atom is -0.450 e. The molecule has 3 rings (SSSR count). The van der Waals surface area contributed by atoms with Gasteiger partial charge in [-0.15, -0.1) is 0 Å². The minimum absolute atomic E-state index is 0.223. The Morgan fingerprint density at radius 3 is 2.58 bits per heavy atom. The molecular formula is C14H8BrNO3. The quantitative estimate of drug-likeness (QED) is 0.630. The van der Waals surface area contributed by atoms with Crippen LogP contribution in [0.4, 0.5) is 0 Å². The van der Waals surface area contributed by atoms with Gasteiger partial charge in [0.15, 0.2) is 10.4 Å². The Balaban J connectivity index is 1.94. The van der Waals surface area contributed by atoms with Crippen molar-refractivity contribution in [3.63, 3.8) is 0 Å². The Bertz CT molecular complexity index is 686. The Labute approximate surface area is 117 Å². The molecule has 19 heavy (non-hydrogen) atoms. The highest BCUT2D eigenvalue weighted by atomic mass is 79.9. The van der Waals surface area contributed by atoms with Crippen LogP contribution in [0.3, 0.4) is 0 Å². The molecule has 2 heterocycles. The Kier molecular flexibility index (Phi) is 3.05. The number of rotatable bonds is 2. The normalized spacial score (nSPS) is 16.6. The molecule has 0 saturated carbocycles. The van der Waals surface area contributed by atoms with E-state index in [0.29, 0.717) is 16.3 Å². The van der Waals surface area contributed by atoms with E-state index in [1.807, 2.05) is 30.3 Å². The second-order valence-corrected chi connectivity index (χ2v) is 4.63. The van der Waals surface area contributed by atoms with Crippen molar-refractivity contribution in [2.24, 2.45) is 4.99 Å². The molecule has 0 atom stereocenters. The number of ether oxygens (including phenoxy) is 1. The van der Waals surface area contributed by atoms with Crippen molar-refractivity contribution >= 4 is 33.9 Å². The van der Waals surface area contributed by atoms with Crippen LogP contribution in [0.1, 0.15) is 11.3 Å². The fourth-order valence-electron chi connectivity index (χ4n) is 1.65. The van der Waals surface area contributed by atoms with Gasteiger partial charge in [0.05, 0.1) is 0 Å². The van der Waals surface area contributed by atoms with E-state index in [1.165, 1.54) is 0 Å². The first-order chi connectivity index (χ1) is 9.22. The maximum atomic E-state index is 11.7. The molecule has 0 unspecified atom stereocenters. The summed E-state index contributed by atoms with van der Waals surface area (Å²) in [7, 11) is 0. The molecule has 0 amide bonds. The molecule has 0 spiro atoms. The number of esters is 1. The number of halogens is 1. The number of benzene rings is 1. The van der Waals surface area contributed by atoms with Crippen LogP contribution in [-0.2, 0) is 9.53 Å². The largest absolute Gasteiger partial charge is 0.450 e. The summed E-state index contributed by atoms with van der Waals surface area (Å²) in [5, 5.41) is 0. The van der Waals surface area contributed by atoms with Gasteiger partial charge in [0, 0.05) is 11.6 Å². The van der Waals surface area contributed by atoms with Crippen molar-refractivity contribution in [2.45, 2.75) is 0 Å². The van der Waals surface area contributed by atoms with Crippen LogP contribution in [0, 0.1) is 0 Å². The van der Waals surface area contributed by atoms with Crippen molar-refractivity contribution in [1.82, 2.24) is 0 Å². The van der Waals surface area contributed by atoms with Crippen LogP contribution >= 0.6 is 15.9 Å². The molecule has 1 aliphatic heterocycles. The summed E-state index contributed by atoms with van der Waals surface area (Å²) in [6.45, 7) is 0. The minimum atomic E-state index is -0.480. The van der Waals surface area contributed by atoms with E-state index in [0.717, 1.165) is 5.56 Å². The van der Waals surface area contributed by atoms with Gasteiger partial charge in [-0.2, -0.15) is 0 Å². The first-order valence-corrected chi connectivity index (χ1v) is 6.35. The molecule has 5 heteroatoms. The molecule has 1 aromatic carbocycles. The average Bonchev–Trinajstić information content (AvgIpc) is 2.98. The molecule has 0 radical (unpaired) electrons. The highest BCUT2D eigenvalue weighted by molar-refractivity contribution is 9.10. The van der Waals surface area contributed by atoms with Gasteiger partial charge in [-0.3, -0.25) is 0 Å². The Hall–Kier alpha value is -2.14. The summed E-state index contributed by atoms with van der Waals surface area (Å²) in [5.41, 5.74) is 0.987. The lowest BCUT2D eigenvalue weighted by molar-refractivity contribution is -0.129. The number of aliphatic imine (C=N–C) groups is 1. The number of hydrogen-bond donors (Lipinski definition) is 0. The summed E-state index contributed by atoms with van der Waals surface area (Å²) in [6.07, 6.45) is 1.54. The number of cyclic esters (lactones) is 1. The average molecular weight is 318 g/mol. The topological polar surface area (TPSA) is 51.8 Å². The zero-order chi connectivity index (χ0) is 13.2. The number of carbonyl (C=O) groups is 1. The number of carbonyl (C=O) groups excluding carboxylic acids is 1. The second-order valence-electron chi connectivity index (χ2n) is 3.84. The van der Waals surface area contributed by atoms with Gasteiger partial charge in [-0.25, -0.2) is 9.79 Å². The maximum absolute atomic E-state index is 11.7. The lowest BCUT2D eigenvalue weighted by Gasteiger charge is -1.97. The van der Waals surface area contributed by atoms with E-state index in [4.69, 9.17) is 9.15 Å². The number of furan rings is 1. The van der Waals surface area contributed by atoms with Gasteiger partial charge in [-0.05, 0) is 40.2 Å². The van der Waals surface area contributed by atoms with Crippen LogP contribution in [0.2, 0.25) is 0 Å². The first-order valence-electron chi connectivity index (χ1n) is 5.56. The van der Waals surface area contributed by atoms with E-state index in [9.17, 15) is 4.79 Å². The monoisotopic (exact) mass is 317 g/mol. The van der Waals surface area contributed by atoms with E-state index in [1.54, 1.807) is 18.2 Å². The molecule has 4 nitrogen and oxygen atoms in total. The smallest absolute Gasteiger partial charge is 0.363 e. The highest BCUT2D eigenvalue weighted by Crippen LogP contribution is 2.21. The number of hydrogen-bond acceptors (Lipinski definition) is 4. The van der Waals surface area contributed by atoms with E-state index in [-0.39, 0.29) is 5.70 Å². The third-order valence-corrected chi connectivity index (χ3v) is 2.94. The predicted octanol–water partition coefficient (Wildman–Crippen LogP) is 3.39. The van der Waals surface area contributed by atoms with Gasteiger partial charge < -0.3 is 9.15 Å². The van der Waals surface area contributed by atoms with E-state index < -0.39 is 5.97 Å². The molecule has 0 fully saturated rings. The number of nitrogens with zero attached hydrogens (tertiary/aromatic N) is 1. The van der Waals surface area contributed by atoms with Gasteiger partial charge in [0.25, 0.3) is 0 Å². The SMILES string of the molecule is O=C1OC(c2ccccc2)=N/C1=C/c1ccc(Br)o1. The second kappa shape index (κ2) is 4.85. The third-order valence-electron chi connectivity index (χ3n) is 2.51. The highest BCUT2D eigenvalue weighted by Gasteiger charge is 2.24. The first kappa shape index (κ1) is 11.9. The van der Waals surface area contributed by atoms with Gasteiger partial charge >= 0.3 is 5.97 Å². The molecule has 0 saturated heterocycles. The van der Waals surface area contributed by atoms with Crippen LogP contribution in [0.5, 0.6) is 0 Å². The molecular weight excluding hydrogens is 310 g/mol. The van der Waals surface area contributed by atoms with Gasteiger partial charge in [-0.1, -0.05) is 18.2 Å².